The molecule has 39 heavy (non-hydrogen) atoms. The monoisotopic (exact) mass is 529 g/mol. The maximum atomic E-state index is 13.0. The molecule has 1 N–H and O–H groups in total. The van der Waals surface area contributed by atoms with Gasteiger partial charge in [-0.25, -0.2) is 0 Å². The Bertz CT molecular complexity index is 1310. The molecule has 204 valence electrons. The van der Waals surface area contributed by atoms with Crippen LogP contribution in [0, 0.1) is 0 Å². The van der Waals surface area contributed by atoms with Gasteiger partial charge in [0.05, 0.1) is 20.1 Å². The predicted octanol–water partition coefficient (Wildman–Crippen LogP) is 5.00. The van der Waals surface area contributed by atoms with Crippen LogP contribution in [0.2, 0.25) is 0 Å². The number of nitrogens with zero attached hydrogens (tertiary/aromatic N) is 1. The molecule has 0 bridgehead atoms. The second-order valence-corrected chi connectivity index (χ2v) is 10.4. The van der Waals surface area contributed by atoms with Gasteiger partial charge in [-0.15, -0.1) is 0 Å². The van der Waals surface area contributed by atoms with Gasteiger partial charge >= 0.3 is 5.97 Å². The van der Waals surface area contributed by atoms with E-state index in [9.17, 15) is 14.7 Å². The van der Waals surface area contributed by atoms with E-state index in [1.54, 1.807) is 26.4 Å². The molecule has 7 heteroatoms. The lowest BCUT2D eigenvalue weighted by Crippen LogP contribution is -2.39. The Morgan fingerprint density at radius 3 is 2.03 bits per heavy atom. The zero-order valence-corrected chi connectivity index (χ0v) is 22.5. The first-order valence-corrected chi connectivity index (χ1v) is 13.5. The summed E-state index contributed by atoms with van der Waals surface area (Å²) < 4.78 is 16.6. The van der Waals surface area contributed by atoms with Crippen LogP contribution in [-0.2, 0) is 27.8 Å². The summed E-state index contributed by atoms with van der Waals surface area (Å²) in [7, 11) is 3.21. The molecule has 3 aromatic carbocycles. The molecule has 7 nitrogen and oxygen atoms in total. The number of likely N-dealkylation sites (tertiary alicyclic amines) is 1. The number of piperidine rings is 1. The van der Waals surface area contributed by atoms with Crippen LogP contribution in [0.15, 0.2) is 66.7 Å². The van der Waals surface area contributed by atoms with E-state index in [2.05, 4.69) is 0 Å². The number of rotatable bonds is 9. The molecule has 0 aromatic heterocycles. The summed E-state index contributed by atoms with van der Waals surface area (Å²) >= 11 is 0. The Morgan fingerprint density at radius 1 is 0.821 bits per heavy atom. The minimum Gasteiger partial charge on any atom is -0.497 e. The van der Waals surface area contributed by atoms with Crippen molar-refractivity contribution >= 4 is 11.9 Å². The minimum atomic E-state index is -0.882. The zero-order chi connectivity index (χ0) is 27.4. The number of amides is 1. The molecule has 2 unspecified atom stereocenters. The molecular weight excluding hydrogens is 494 g/mol. The van der Waals surface area contributed by atoms with Gasteiger partial charge in [0.25, 0.3) is 5.91 Å². The number of fused-ring (bicyclic) bond motifs is 1. The first-order valence-electron chi connectivity index (χ1n) is 13.5. The van der Waals surface area contributed by atoms with Crippen molar-refractivity contribution in [2.45, 2.75) is 43.4 Å². The summed E-state index contributed by atoms with van der Waals surface area (Å²) in [5.74, 6) is 0.350. The van der Waals surface area contributed by atoms with Crippen LogP contribution >= 0.6 is 0 Å². The molecule has 3 aromatic rings. The number of carboxylic acids is 1. The molecule has 5 rings (SSSR count). The van der Waals surface area contributed by atoms with E-state index in [-0.39, 0.29) is 12.5 Å². The lowest BCUT2D eigenvalue weighted by molar-refractivity contribution is -0.140. The Kier molecular flexibility index (Phi) is 7.77. The van der Waals surface area contributed by atoms with Crippen LogP contribution in [0.4, 0.5) is 0 Å². The minimum absolute atomic E-state index is 0.00596. The SMILES string of the molecule is COc1ccc(C(C(=O)O)C2(c3ccc(OC)cc3)Cc3ccc(OCC(=O)N4CCCCC4)cc3C2)cc1. The third kappa shape index (κ3) is 5.44. The van der Waals surface area contributed by atoms with Crippen molar-refractivity contribution in [2.75, 3.05) is 33.9 Å². The Labute approximate surface area is 229 Å². The number of carbonyl (C=O) groups is 2. The smallest absolute Gasteiger partial charge is 0.311 e. The second-order valence-electron chi connectivity index (χ2n) is 10.4. The highest BCUT2D eigenvalue weighted by atomic mass is 16.5. The van der Waals surface area contributed by atoms with Gasteiger partial charge in [-0.2, -0.15) is 0 Å². The number of methoxy groups -OCH3 is 2. The average Bonchev–Trinajstić information content (AvgIpc) is 3.36. The van der Waals surface area contributed by atoms with Crippen molar-refractivity contribution in [3.05, 3.63) is 89.0 Å². The molecule has 2 aliphatic rings. The van der Waals surface area contributed by atoms with E-state index in [1.807, 2.05) is 59.5 Å². The van der Waals surface area contributed by atoms with Gasteiger partial charge in [-0.3, -0.25) is 9.59 Å². The van der Waals surface area contributed by atoms with Crippen LogP contribution < -0.4 is 14.2 Å². The summed E-state index contributed by atoms with van der Waals surface area (Å²) in [5.41, 5.74) is 3.05. The predicted molar refractivity (Wildman–Crippen MR) is 148 cm³/mol. The van der Waals surface area contributed by atoms with Crippen molar-refractivity contribution in [3.63, 3.8) is 0 Å². The molecule has 0 spiro atoms. The van der Waals surface area contributed by atoms with E-state index in [0.717, 1.165) is 53.9 Å². The van der Waals surface area contributed by atoms with Crippen LogP contribution in [0.25, 0.3) is 0 Å². The number of benzene rings is 3. The van der Waals surface area contributed by atoms with E-state index >= 15 is 0 Å². The van der Waals surface area contributed by atoms with Gasteiger partial charge in [-0.05, 0) is 90.8 Å². The lowest BCUT2D eigenvalue weighted by atomic mass is 9.65. The highest BCUT2D eigenvalue weighted by molar-refractivity contribution is 5.80. The molecule has 0 saturated carbocycles. The van der Waals surface area contributed by atoms with E-state index < -0.39 is 17.3 Å². The summed E-state index contributed by atoms with van der Waals surface area (Å²) in [5, 5.41) is 10.6. The molecule has 1 amide bonds. The molecule has 0 radical (unpaired) electrons. The molecule has 2 atom stereocenters. The first kappa shape index (κ1) is 26.6. The zero-order valence-electron chi connectivity index (χ0n) is 22.5. The highest BCUT2D eigenvalue weighted by Crippen LogP contribution is 2.50. The Morgan fingerprint density at radius 2 is 1.41 bits per heavy atom. The number of hydrogen-bond donors (Lipinski definition) is 1. The third-order valence-electron chi connectivity index (χ3n) is 8.17. The van der Waals surface area contributed by atoms with Crippen LogP contribution in [0.5, 0.6) is 17.2 Å². The number of carbonyl (C=O) groups excluding carboxylic acids is 1. The van der Waals surface area contributed by atoms with Crippen molar-refractivity contribution in [2.24, 2.45) is 0 Å². The maximum absolute atomic E-state index is 13.0. The largest absolute Gasteiger partial charge is 0.497 e. The lowest BCUT2D eigenvalue weighted by Gasteiger charge is -2.36. The molecule has 1 aliphatic heterocycles. The van der Waals surface area contributed by atoms with Crippen molar-refractivity contribution in [1.82, 2.24) is 4.90 Å². The fourth-order valence-electron chi connectivity index (χ4n) is 6.14. The van der Waals surface area contributed by atoms with Gasteiger partial charge in [0.15, 0.2) is 6.61 Å². The fraction of sp³-hybridized carbons (Fsp3) is 0.375. The third-order valence-corrected chi connectivity index (χ3v) is 8.17. The van der Waals surface area contributed by atoms with Crippen LogP contribution in [0.3, 0.4) is 0 Å². The fourth-order valence-corrected chi connectivity index (χ4v) is 6.14. The van der Waals surface area contributed by atoms with Crippen LogP contribution in [0.1, 0.15) is 47.4 Å². The molecule has 1 aliphatic carbocycles. The average molecular weight is 530 g/mol. The molecule has 1 saturated heterocycles. The normalized spacial score (nSPS) is 19.2. The van der Waals surface area contributed by atoms with Gasteiger partial charge in [-0.1, -0.05) is 30.3 Å². The highest BCUT2D eigenvalue weighted by Gasteiger charge is 2.49. The number of ether oxygens (including phenoxy) is 3. The van der Waals surface area contributed by atoms with Crippen molar-refractivity contribution in [1.29, 1.82) is 0 Å². The summed E-state index contributed by atoms with van der Waals surface area (Å²) in [6.07, 6.45) is 4.33. The first-order chi connectivity index (χ1) is 18.9. The summed E-state index contributed by atoms with van der Waals surface area (Å²) in [4.78, 5) is 27.5. The topological polar surface area (TPSA) is 85.3 Å². The van der Waals surface area contributed by atoms with Gasteiger partial charge in [0.1, 0.15) is 17.2 Å². The van der Waals surface area contributed by atoms with E-state index in [1.165, 1.54) is 6.42 Å². The molecule has 1 fully saturated rings. The van der Waals surface area contributed by atoms with E-state index in [0.29, 0.717) is 24.3 Å². The molecule has 1 heterocycles. The summed E-state index contributed by atoms with van der Waals surface area (Å²) in [6, 6.07) is 20.9. The summed E-state index contributed by atoms with van der Waals surface area (Å²) in [6.45, 7) is 1.59. The standard InChI is InChI=1S/C32H35NO6/c1-37-26-11-6-22(7-12-26)30(31(35)36)32(25-9-14-27(38-2)15-10-25)19-23-8-13-28(18-24(23)20-32)39-21-29(34)33-16-4-3-5-17-33/h6-15,18,30H,3-5,16-17,19-21H2,1-2H3,(H,35,36). The number of aliphatic carboxylic acids is 1. The number of hydrogen-bond acceptors (Lipinski definition) is 5. The second kappa shape index (κ2) is 11.4. The number of carboxylic acid groups (broad SMARTS) is 1. The maximum Gasteiger partial charge on any atom is 0.311 e. The Balaban J connectivity index is 1.46. The van der Waals surface area contributed by atoms with Gasteiger partial charge < -0.3 is 24.2 Å². The van der Waals surface area contributed by atoms with Crippen molar-refractivity contribution in [3.8, 4) is 17.2 Å². The molecular formula is C32H35NO6. The van der Waals surface area contributed by atoms with E-state index in [4.69, 9.17) is 14.2 Å². The Hall–Kier alpha value is -4.00. The van der Waals surface area contributed by atoms with Gasteiger partial charge in [0, 0.05) is 18.5 Å². The van der Waals surface area contributed by atoms with Crippen molar-refractivity contribution < 1.29 is 28.9 Å². The van der Waals surface area contributed by atoms with Gasteiger partial charge in [0.2, 0.25) is 0 Å². The quantitative estimate of drug-likeness (QED) is 0.420. The van der Waals surface area contributed by atoms with Crippen LogP contribution in [-0.4, -0.2) is 55.8 Å².